The van der Waals surface area contributed by atoms with Gasteiger partial charge in [0.2, 0.25) is 0 Å². The molecule has 0 saturated carbocycles. The fourth-order valence-electron chi connectivity index (χ4n) is 1.70. The number of carboxylic acid groups (broad SMARTS) is 1. The van der Waals surface area contributed by atoms with E-state index in [2.05, 4.69) is 10.1 Å². The Morgan fingerprint density at radius 1 is 1.44 bits per heavy atom. The fourth-order valence-corrected chi connectivity index (χ4v) is 1.70. The number of nitrogens with zero attached hydrogens (tertiary/aromatic N) is 3. The molecule has 0 amide bonds. The van der Waals surface area contributed by atoms with Crippen LogP contribution in [0.5, 0.6) is 0 Å². The van der Waals surface area contributed by atoms with Gasteiger partial charge in [-0.1, -0.05) is 0 Å². The van der Waals surface area contributed by atoms with Gasteiger partial charge in [0.25, 0.3) is 0 Å². The van der Waals surface area contributed by atoms with E-state index >= 15 is 0 Å². The monoisotopic (exact) mass is 243 g/mol. The molecule has 0 atom stereocenters. The molecule has 0 aliphatic carbocycles. The van der Waals surface area contributed by atoms with Gasteiger partial charge < -0.3 is 9.52 Å². The summed E-state index contributed by atoms with van der Waals surface area (Å²) < 4.78 is 6.76. The first-order valence-corrected chi connectivity index (χ1v) is 5.33. The minimum Gasteiger partial charge on any atom is -0.478 e. The van der Waals surface area contributed by atoms with Gasteiger partial charge in [-0.15, -0.1) is 0 Å². The molecule has 3 aromatic rings. The van der Waals surface area contributed by atoms with Gasteiger partial charge in [0.15, 0.2) is 11.5 Å². The number of aromatic carboxylic acids is 1. The minimum absolute atomic E-state index is 0.194. The topological polar surface area (TPSA) is 80.6 Å². The lowest BCUT2D eigenvalue weighted by atomic mass is 10.3. The van der Waals surface area contributed by atoms with Crippen molar-refractivity contribution >= 4 is 11.6 Å². The third-order valence-electron chi connectivity index (χ3n) is 2.54. The van der Waals surface area contributed by atoms with Gasteiger partial charge in [-0.05, 0) is 24.3 Å². The van der Waals surface area contributed by atoms with Crippen LogP contribution in [0.15, 0.2) is 41.1 Å². The van der Waals surface area contributed by atoms with Crippen molar-refractivity contribution in [3.05, 3.63) is 53.9 Å². The number of hydrogen-bond donors (Lipinski definition) is 1. The Kier molecular flexibility index (Phi) is 2.33. The molecule has 0 bridgehead atoms. The zero-order valence-corrected chi connectivity index (χ0v) is 9.28. The van der Waals surface area contributed by atoms with Crippen molar-refractivity contribution in [2.24, 2.45) is 0 Å². The van der Waals surface area contributed by atoms with Crippen molar-refractivity contribution in [3.8, 4) is 0 Å². The Morgan fingerprint density at radius 3 is 3.06 bits per heavy atom. The van der Waals surface area contributed by atoms with Crippen LogP contribution in [-0.2, 0) is 6.42 Å². The molecule has 18 heavy (non-hydrogen) atoms. The maximum atomic E-state index is 10.8. The largest absolute Gasteiger partial charge is 0.478 e. The zero-order valence-electron chi connectivity index (χ0n) is 9.28. The molecule has 90 valence electrons. The highest BCUT2D eigenvalue weighted by molar-refractivity contribution is 5.88. The molecule has 0 saturated heterocycles. The number of pyridine rings is 1. The molecule has 0 aliphatic heterocycles. The zero-order chi connectivity index (χ0) is 12.5. The highest BCUT2D eigenvalue weighted by Gasteiger charge is 2.09. The molecule has 1 N–H and O–H groups in total. The maximum absolute atomic E-state index is 10.8. The summed E-state index contributed by atoms with van der Waals surface area (Å²) in [5, 5.41) is 13.1. The average Bonchev–Trinajstić information content (AvgIpc) is 2.96. The van der Waals surface area contributed by atoms with Crippen LogP contribution in [-0.4, -0.2) is 25.7 Å². The first kappa shape index (κ1) is 10.5. The highest BCUT2D eigenvalue weighted by Crippen LogP contribution is 2.10. The number of carbonyl (C=O) groups is 1. The summed E-state index contributed by atoms with van der Waals surface area (Å²) in [6.07, 6.45) is 3.65. The van der Waals surface area contributed by atoms with Crippen LogP contribution in [0.1, 0.15) is 21.9 Å². The fraction of sp³-hybridized carbons (Fsp3) is 0.0833. The van der Waals surface area contributed by atoms with E-state index < -0.39 is 5.97 Å². The van der Waals surface area contributed by atoms with E-state index in [-0.39, 0.29) is 5.56 Å². The van der Waals surface area contributed by atoms with Crippen molar-refractivity contribution in [3.63, 3.8) is 0 Å². The van der Waals surface area contributed by atoms with Crippen molar-refractivity contribution in [1.82, 2.24) is 14.6 Å². The number of hydrogen-bond acceptors (Lipinski definition) is 4. The molecule has 3 rings (SSSR count). The van der Waals surface area contributed by atoms with Gasteiger partial charge >= 0.3 is 5.97 Å². The lowest BCUT2D eigenvalue weighted by Gasteiger charge is -1.93. The lowest BCUT2D eigenvalue weighted by molar-refractivity contribution is 0.0697. The summed E-state index contributed by atoms with van der Waals surface area (Å²) in [4.78, 5) is 15.1. The van der Waals surface area contributed by atoms with E-state index in [0.717, 1.165) is 5.76 Å². The van der Waals surface area contributed by atoms with Gasteiger partial charge in [0.05, 0.1) is 18.2 Å². The van der Waals surface area contributed by atoms with E-state index in [1.165, 1.54) is 12.1 Å². The molecular weight excluding hydrogens is 234 g/mol. The summed E-state index contributed by atoms with van der Waals surface area (Å²) in [5.41, 5.74) is 0.705. The number of rotatable bonds is 3. The molecule has 0 aliphatic rings. The highest BCUT2D eigenvalue weighted by atomic mass is 16.4. The molecule has 0 spiro atoms. The molecule has 0 unspecified atom stereocenters. The summed E-state index contributed by atoms with van der Waals surface area (Å²) >= 11 is 0. The number of aromatic nitrogens is 3. The van der Waals surface area contributed by atoms with Gasteiger partial charge in [-0.3, -0.25) is 0 Å². The molecule has 6 nitrogen and oxygen atoms in total. The Labute approximate surface area is 101 Å². The Bertz CT molecular complexity index is 701. The van der Waals surface area contributed by atoms with E-state index in [1.54, 1.807) is 23.0 Å². The molecular formula is C12H9N3O3. The number of carboxylic acids is 1. The first-order valence-electron chi connectivity index (χ1n) is 5.33. The Morgan fingerprint density at radius 2 is 2.33 bits per heavy atom. The predicted molar refractivity (Wildman–Crippen MR) is 61.5 cm³/mol. The van der Waals surface area contributed by atoms with Crippen molar-refractivity contribution in [1.29, 1.82) is 0 Å². The van der Waals surface area contributed by atoms with Crippen molar-refractivity contribution in [2.45, 2.75) is 6.42 Å². The summed E-state index contributed by atoms with van der Waals surface area (Å²) in [6.45, 7) is 0. The summed E-state index contributed by atoms with van der Waals surface area (Å²) in [6, 6.07) is 6.61. The summed E-state index contributed by atoms with van der Waals surface area (Å²) in [7, 11) is 0. The van der Waals surface area contributed by atoms with Gasteiger partial charge in [0, 0.05) is 6.20 Å². The molecule has 6 heteroatoms. The van der Waals surface area contributed by atoms with Crippen LogP contribution in [0, 0.1) is 0 Å². The van der Waals surface area contributed by atoms with Crippen LogP contribution >= 0.6 is 0 Å². The third kappa shape index (κ3) is 1.84. The van der Waals surface area contributed by atoms with E-state index in [1.807, 2.05) is 6.07 Å². The first-order chi connectivity index (χ1) is 8.72. The Balaban J connectivity index is 1.98. The Hall–Kier alpha value is -2.63. The van der Waals surface area contributed by atoms with E-state index in [9.17, 15) is 4.79 Å². The van der Waals surface area contributed by atoms with Gasteiger partial charge in [-0.25, -0.2) is 14.3 Å². The lowest BCUT2D eigenvalue weighted by Crippen LogP contribution is -1.97. The average molecular weight is 243 g/mol. The van der Waals surface area contributed by atoms with Gasteiger partial charge in [0.1, 0.15) is 5.76 Å². The molecule has 0 fully saturated rings. The smallest absolute Gasteiger partial charge is 0.335 e. The second-order valence-electron chi connectivity index (χ2n) is 3.81. The minimum atomic E-state index is -0.979. The second kappa shape index (κ2) is 3.99. The maximum Gasteiger partial charge on any atom is 0.335 e. The van der Waals surface area contributed by atoms with Crippen molar-refractivity contribution < 1.29 is 14.3 Å². The molecule has 0 aromatic carbocycles. The van der Waals surface area contributed by atoms with Crippen LogP contribution < -0.4 is 0 Å². The van der Waals surface area contributed by atoms with E-state index in [0.29, 0.717) is 17.9 Å². The number of fused-ring (bicyclic) bond motifs is 1. The normalized spacial score (nSPS) is 10.9. The third-order valence-corrected chi connectivity index (χ3v) is 2.54. The van der Waals surface area contributed by atoms with E-state index in [4.69, 9.17) is 9.52 Å². The summed E-state index contributed by atoms with van der Waals surface area (Å²) in [5.74, 6) is 0.380. The van der Waals surface area contributed by atoms with Crippen LogP contribution in [0.4, 0.5) is 0 Å². The second-order valence-corrected chi connectivity index (χ2v) is 3.81. The standard InChI is InChI=1S/C12H9N3O3/c16-12(17)8-3-4-15-11(6-8)13-10(14-15)7-9-2-1-5-18-9/h1-6H,7H2,(H,16,17). The molecule has 3 heterocycles. The SMILES string of the molecule is O=C(O)c1ccn2nc(Cc3ccco3)nc2c1. The van der Waals surface area contributed by atoms with Crippen LogP contribution in [0.3, 0.4) is 0 Å². The number of furan rings is 1. The molecule has 0 radical (unpaired) electrons. The predicted octanol–water partition coefficient (Wildman–Crippen LogP) is 1.61. The molecule has 3 aromatic heterocycles. The van der Waals surface area contributed by atoms with Crippen LogP contribution in [0.25, 0.3) is 5.65 Å². The quantitative estimate of drug-likeness (QED) is 0.755. The van der Waals surface area contributed by atoms with Gasteiger partial charge in [-0.2, -0.15) is 5.10 Å². The van der Waals surface area contributed by atoms with Crippen molar-refractivity contribution in [2.75, 3.05) is 0 Å². The van der Waals surface area contributed by atoms with Crippen LogP contribution in [0.2, 0.25) is 0 Å².